The fourth-order valence-corrected chi connectivity index (χ4v) is 8.61. The van der Waals surface area contributed by atoms with Crippen molar-refractivity contribution in [3.05, 3.63) is 124 Å². The van der Waals surface area contributed by atoms with E-state index in [1.165, 1.54) is 22.3 Å². The van der Waals surface area contributed by atoms with E-state index in [1.807, 2.05) is 24.3 Å². The number of phenolic OH excluding ortho intramolecular Hbond substituents is 1. The zero-order valence-corrected chi connectivity index (χ0v) is 30.0. The highest BCUT2D eigenvalue weighted by Crippen LogP contribution is 2.47. The highest BCUT2D eigenvalue weighted by Gasteiger charge is 2.39. The van der Waals surface area contributed by atoms with E-state index >= 15 is 0 Å². The first-order valence-electron chi connectivity index (χ1n) is 19.0. The summed E-state index contributed by atoms with van der Waals surface area (Å²) in [4.78, 5) is 31.9. The standard InChI is InChI=1S/C43H48N4O6/c48-33-9-14-37-31(26-33)8-13-36(29-4-2-1-3-5-29)41(37)30-6-10-34(11-7-30)52-24-22-45-18-20-46(21-19-45)23-25-53-35-12-15-38-32(27-35)28-47(43(38)51)39-16-17-40(49)44-42(39)50/h1-7,9-12,14-15,26-27,36,39-41,48-49H,8,13,16-25,28H2,(H,44,50)/t36-,39+,40?,41+/m1/s1. The van der Waals surface area contributed by atoms with E-state index in [9.17, 15) is 19.8 Å². The van der Waals surface area contributed by atoms with Gasteiger partial charge < -0.3 is 29.9 Å². The molecule has 4 aromatic carbocycles. The number of carbonyl (C=O) groups is 2. The quantitative estimate of drug-likeness (QED) is 0.201. The summed E-state index contributed by atoms with van der Waals surface area (Å²) in [5, 5.41) is 22.4. The predicted molar refractivity (Wildman–Crippen MR) is 201 cm³/mol. The topological polar surface area (TPSA) is 115 Å². The van der Waals surface area contributed by atoms with Crippen LogP contribution < -0.4 is 14.8 Å². The van der Waals surface area contributed by atoms with Crippen LogP contribution in [0.15, 0.2) is 91.0 Å². The number of aromatic hydroxyl groups is 1. The zero-order valence-electron chi connectivity index (χ0n) is 30.0. The van der Waals surface area contributed by atoms with Crippen molar-refractivity contribution >= 4 is 11.8 Å². The number of aliphatic hydroxyl groups excluding tert-OH is 1. The number of ether oxygens (including phenoxy) is 2. The van der Waals surface area contributed by atoms with E-state index in [-0.39, 0.29) is 17.7 Å². The second kappa shape index (κ2) is 15.6. The second-order valence-electron chi connectivity index (χ2n) is 14.7. The third kappa shape index (κ3) is 7.76. The molecule has 3 heterocycles. The Hall–Kier alpha value is -4.90. The molecule has 10 heteroatoms. The molecule has 8 rings (SSSR count). The van der Waals surface area contributed by atoms with Crippen LogP contribution in [0.2, 0.25) is 0 Å². The summed E-state index contributed by atoms with van der Waals surface area (Å²) in [7, 11) is 0. The zero-order chi connectivity index (χ0) is 36.3. The first-order chi connectivity index (χ1) is 25.9. The molecule has 0 saturated carbocycles. The van der Waals surface area contributed by atoms with Crippen LogP contribution in [0, 0.1) is 0 Å². The number of hydrogen-bond donors (Lipinski definition) is 3. The molecule has 0 radical (unpaired) electrons. The van der Waals surface area contributed by atoms with Crippen molar-refractivity contribution in [1.82, 2.24) is 20.0 Å². The lowest BCUT2D eigenvalue weighted by atomic mass is 9.69. The Morgan fingerprint density at radius 2 is 1.42 bits per heavy atom. The number of aliphatic hydroxyl groups is 1. The van der Waals surface area contributed by atoms with Crippen LogP contribution in [0.3, 0.4) is 0 Å². The summed E-state index contributed by atoms with van der Waals surface area (Å²) in [6.45, 7) is 7.13. The van der Waals surface area contributed by atoms with Crippen molar-refractivity contribution < 1.29 is 29.3 Å². The largest absolute Gasteiger partial charge is 0.508 e. The summed E-state index contributed by atoms with van der Waals surface area (Å²) in [5.41, 5.74) is 6.63. The number of fused-ring (bicyclic) bond motifs is 2. The number of piperazine rings is 1. The lowest BCUT2D eigenvalue weighted by Crippen LogP contribution is -2.54. The van der Waals surface area contributed by atoms with Gasteiger partial charge in [-0.25, -0.2) is 0 Å². The van der Waals surface area contributed by atoms with Gasteiger partial charge in [0.1, 0.15) is 42.7 Å². The highest BCUT2D eigenvalue weighted by atomic mass is 16.5. The molecular formula is C43H48N4O6. The van der Waals surface area contributed by atoms with E-state index in [4.69, 9.17) is 9.47 Å². The molecule has 4 aliphatic rings. The van der Waals surface area contributed by atoms with E-state index in [2.05, 4.69) is 75.8 Å². The van der Waals surface area contributed by atoms with Gasteiger partial charge in [-0.2, -0.15) is 0 Å². The lowest BCUT2D eigenvalue weighted by Gasteiger charge is -2.35. The number of benzene rings is 4. The Balaban J connectivity index is 0.778. The number of amides is 2. The van der Waals surface area contributed by atoms with Gasteiger partial charge in [0.2, 0.25) is 5.91 Å². The minimum Gasteiger partial charge on any atom is -0.508 e. The van der Waals surface area contributed by atoms with E-state index in [0.717, 1.165) is 69.2 Å². The predicted octanol–water partition coefficient (Wildman–Crippen LogP) is 4.88. The van der Waals surface area contributed by atoms with Crippen LogP contribution in [-0.4, -0.2) is 101 Å². The van der Waals surface area contributed by atoms with E-state index in [1.54, 1.807) is 11.0 Å². The molecule has 0 spiro atoms. The molecule has 2 amide bonds. The molecule has 1 aliphatic carbocycles. The van der Waals surface area contributed by atoms with Crippen LogP contribution in [0.1, 0.15) is 69.3 Å². The number of rotatable bonds is 11. The van der Waals surface area contributed by atoms with Gasteiger partial charge in [0.05, 0.1) is 0 Å². The van der Waals surface area contributed by atoms with Crippen LogP contribution in [0.4, 0.5) is 0 Å². The first-order valence-corrected chi connectivity index (χ1v) is 19.0. The van der Waals surface area contributed by atoms with Crippen molar-refractivity contribution in [2.45, 2.75) is 56.3 Å². The molecular weight excluding hydrogens is 668 g/mol. The highest BCUT2D eigenvalue weighted by molar-refractivity contribution is 6.01. The fraction of sp³-hybridized carbons (Fsp3) is 0.395. The van der Waals surface area contributed by atoms with Crippen molar-refractivity contribution in [2.75, 3.05) is 52.5 Å². The van der Waals surface area contributed by atoms with E-state index in [0.29, 0.717) is 49.8 Å². The number of carbonyl (C=O) groups excluding carboxylic acids is 2. The molecule has 3 aliphatic heterocycles. The molecule has 2 fully saturated rings. The smallest absolute Gasteiger partial charge is 0.255 e. The van der Waals surface area contributed by atoms with Gasteiger partial charge in [-0.1, -0.05) is 48.5 Å². The molecule has 1 unspecified atom stereocenters. The Kier molecular flexibility index (Phi) is 10.3. The summed E-state index contributed by atoms with van der Waals surface area (Å²) >= 11 is 0. The summed E-state index contributed by atoms with van der Waals surface area (Å²) < 4.78 is 12.3. The SMILES string of the molecule is O=C1NC(O)CC[C@@H]1N1Cc2cc(OCCN3CCN(CCOc4ccc([C@@H]5c6ccc(O)cc6CC[C@@H]5c5ccccc5)cc4)CC3)ccc2C1=O. The average molecular weight is 717 g/mol. The number of phenols is 1. The van der Waals surface area contributed by atoms with Crippen molar-refractivity contribution in [3.63, 3.8) is 0 Å². The Bertz CT molecular complexity index is 1910. The number of nitrogens with one attached hydrogen (secondary N) is 1. The molecule has 276 valence electrons. The van der Waals surface area contributed by atoms with Crippen molar-refractivity contribution in [2.24, 2.45) is 0 Å². The molecule has 0 bridgehead atoms. The van der Waals surface area contributed by atoms with Crippen LogP contribution >= 0.6 is 0 Å². The molecule has 53 heavy (non-hydrogen) atoms. The molecule has 0 aromatic heterocycles. The Morgan fingerprint density at radius 1 is 0.717 bits per heavy atom. The first kappa shape index (κ1) is 35.1. The van der Waals surface area contributed by atoms with Crippen LogP contribution in [0.25, 0.3) is 0 Å². The maximum Gasteiger partial charge on any atom is 0.255 e. The third-order valence-corrected chi connectivity index (χ3v) is 11.5. The fourth-order valence-electron chi connectivity index (χ4n) is 8.61. The molecule has 10 nitrogen and oxygen atoms in total. The molecule has 4 aromatic rings. The monoisotopic (exact) mass is 716 g/mol. The van der Waals surface area contributed by atoms with Gasteiger partial charge in [0.15, 0.2) is 0 Å². The molecule has 4 atom stereocenters. The number of piperidine rings is 1. The number of nitrogens with zero attached hydrogens (tertiary/aromatic N) is 3. The second-order valence-corrected chi connectivity index (χ2v) is 14.7. The third-order valence-electron chi connectivity index (χ3n) is 11.5. The lowest BCUT2D eigenvalue weighted by molar-refractivity contribution is -0.132. The molecule has 3 N–H and O–H groups in total. The summed E-state index contributed by atoms with van der Waals surface area (Å²) in [6, 6.07) is 30.2. The maximum absolute atomic E-state index is 13.0. The summed E-state index contributed by atoms with van der Waals surface area (Å²) in [5.74, 6) is 2.08. The van der Waals surface area contributed by atoms with Crippen LogP contribution in [-0.2, 0) is 17.8 Å². The van der Waals surface area contributed by atoms with Crippen molar-refractivity contribution in [3.8, 4) is 17.2 Å². The Morgan fingerprint density at radius 3 is 2.13 bits per heavy atom. The Labute approximate surface area is 310 Å². The number of aryl methyl sites for hydroxylation is 1. The minimum atomic E-state index is -0.843. The van der Waals surface area contributed by atoms with E-state index < -0.39 is 12.3 Å². The summed E-state index contributed by atoms with van der Waals surface area (Å²) in [6.07, 6.45) is 2.04. The van der Waals surface area contributed by atoms with Crippen LogP contribution in [0.5, 0.6) is 17.2 Å². The number of hydrogen-bond acceptors (Lipinski definition) is 8. The molecule has 2 saturated heterocycles. The minimum absolute atomic E-state index is 0.147. The van der Waals surface area contributed by atoms with Gasteiger partial charge in [-0.15, -0.1) is 0 Å². The van der Waals surface area contributed by atoms with Gasteiger partial charge in [0.25, 0.3) is 5.91 Å². The normalized spacial score (nSPS) is 23.3. The van der Waals surface area contributed by atoms with Crippen molar-refractivity contribution in [1.29, 1.82) is 0 Å². The van der Waals surface area contributed by atoms with Gasteiger partial charge in [-0.3, -0.25) is 19.4 Å². The van der Waals surface area contributed by atoms with Gasteiger partial charge >= 0.3 is 0 Å². The van der Waals surface area contributed by atoms with Gasteiger partial charge in [-0.05, 0) is 102 Å². The maximum atomic E-state index is 13.0. The van der Waals surface area contributed by atoms with Gasteiger partial charge in [0, 0.05) is 57.3 Å². The average Bonchev–Trinajstić information content (AvgIpc) is 3.50.